The molecule has 0 spiro atoms. The number of hydrogen-bond acceptors (Lipinski definition) is 2. The van der Waals surface area contributed by atoms with Gasteiger partial charge in [-0.15, -0.1) is 4.91 Å². The molecule has 0 aliphatic carbocycles. The highest BCUT2D eigenvalue weighted by molar-refractivity contribution is 4.41. The Morgan fingerprint density at radius 2 is 1.17 bits per heavy atom. The van der Waals surface area contributed by atoms with Gasteiger partial charge in [0, 0.05) is 0 Å². The van der Waals surface area contributed by atoms with Crippen molar-refractivity contribution in [1.29, 1.82) is 0 Å². The van der Waals surface area contributed by atoms with E-state index in [1.807, 2.05) is 0 Å². The molecule has 0 aromatic heterocycles. The Morgan fingerprint density at radius 1 is 0.917 bits per heavy atom. The number of nitrogens with zero attached hydrogens (tertiary/aromatic N) is 1. The van der Waals surface area contributed by atoms with Crippen LogP contribution in [-0.4, -0.2) is 5.21 Å². The molecule has 12 heavy (non-hydrogen) atoms. The average molecular weight is 175 g/mol. The number of unbranched alkanes of at least 4 members (excludes halogenated alkanes) is 6. The van der Waals surface area contributed by atoms with Crippen LogP contribution in [0.25, 0.3) is 0 Å². The van der Waals surface area contributed by atoms with Crippen LogP contribution in [-0.2, 0) is 0 Å². The molecule has 3 nitrogen and oxygen atoms in total. The van der Waals surface area contributed by atoms with Crippen LogP contribution in [0.2, 0.25) is 0 Å². The van der Waals surface area contributed by atoms with Crippen LogP contribution in [0.3, 0.4) is 0 Å². The lowest BCUT2D eigenvalue weighted by atomic mass is 10.1. The molecule has 0 aliphatic rings. The zero-order valence-corrected chi connectivity index (χ0v) is 8.25. The monoisotopic (exact) mass is 175 g/mol. The van der Waals surface area contributed by atoms with Gasteiger partial charge in [0.05, 0.1) is 0 Å². The molecule has 0 aliphatic heterocycles. The van der Waals surface area contributed by atoms with Crippen molar-refractivity contribution in [3.8, 4) is 0 Å². The lowest BCUT2D eigenvalue weighted by molar-refractivity contribution is 0.312. The molecule has 0 aromatic rings. The minimum absolute atomic E-state index is 1.25. The zero-order chi connectivity index (χ0) is 9.66. The first-order chi connectivity index (χ1) is 5.83. The second-order valence-electron chi connectivity index (χ2n) is 2.85. The largest absolute Gasteiger partial charge is 0.379 e. The molecule has 0 fully saturated rings. The van der Waals surface area contributed by atoms with Crippen molar-refractivity contribution in [3.63, 3.8) is 0 Å². The molecule has 0 saturated carbocycles. The molecule has 0 heterocycles. The SMILES string of the molecule is CCCCCCCCC.O=NO. The Labute approximate surface area is 75.1 Å². The summed E-state index contributed by atoms with van der Waals surface area (Å²) >= 11 is 0. The fourth-order valence-electron chi connectivity index (χ4n) is 1.03. The van der Waals surface area contributed by atoms with Gasteiger partial charge in [-0.1, -0.05) is 58.8 Å². The molecule has 0 bridgehead atoms. The van der Waals surface area contributed by atoms with Gasteiger partial charge in [-0.05, 0) is 0 Å². The maximum Gasteiger partial charge on any atom is 0.152 e. The molecule has 0 aromatic carbocycles. The molecule has 1 N–H and O–H groups in total. The Morgan fingerprint density at radius 3 is 1.42 bits per heavy atom. The zero-order valence-electron chi connectivity index (χ0n) is 8.25. The normalized spacial score (nSPS) is 8.50. The molecule has 0 amide bonds. The second-order valence-corrected chi connectivity index (χ2v) is 2.85. The van der Waals surface area contributed by atoms with Crippen LogP contribution in [0.15, 0.2) is 5.34 Å². The van der Waals surface area contributed by atoms with E-state index in [1.54, 1.807) is 0 Å². The molecule has 0 rings (SSSR count). The van der Waals surface area contributed by atoms with E-state index in [2.05, 4.69) is 13.8 Å². The van der Waals surface area contributed by atoms with Crippen molar-refractivity contribution >= 4 is 0 Å². The quantitative estimate of drug-likeness (QED) is 0.378. The number of hydrogen-bond donors (Lipinski definition) is 1. The van der Waals surface area contributed by atoms with Crippen molar-refractivity contribution in [1.82, 2.24) is 0 Å². The smallest absolute Gasteiger partial charge is 0.152 e. The third-order valence-corrected chi connectivity index (χ3v) is 1.71. The molecule has 0 atom stereocenters. The van der Waals surface area contributed by atoms with Gasteiger partial charge in [0.25, 0.3) is 0 Å². The molecular formula is C9H21NO2. The van der Waals surface area contributed by atoms with E-state index in [0.29, 0.717) is 0 Å². The molecule has 3 heteroatoms. The summed E-state index contributed by atoms with van der Waals surface area (Å²) in [5.74, 6) is 0. The Kier molecular flexibility index (Phi) is 19.5. The summed E-state index contributed by atoms with van der Waals surface area (Å²) in [7, 11) is 0. The van der Waals surface area contributed by atoms with E-state index in [4.69, 9.17) is 10.1 Å². The van der Waals surface area contributed by atoms with E-state index >= 15 is 0 Å². The molecular weight excluding hydrogens is 154 g/mol. The Hall–Kier alpha value is -0.600. The summed E-state index contributed by atoms with van der Waals surface area (Å²) < 4.78 is 0. The first kappa shape index (κ1) is 14.0. The van der Waals surface area contributed by atoms with Crippen molar-refractivity contribution in [2.24, 2.45) is 5.34 Å². The van der Waals surface area contributed by atoms with Gasteiger partial charge in [-0.2, -0.15) is 0 Å². The highest BCUT2D eigenvalue weighted by Gasteiger charge is 1.85. The van der Waals surface area contributed by atoms with Gasteiger partial charge < -0.3 is 5.21 Å². The van der Waals surface area contributed by atoms with Gasteiger partial charge >= 0.3 is 0 Å². The Bertz CT molecular complexity index is 70.9. The minimum atomic E-state index is 1.25. The van der Waals surface area contributed by atoms with Crippen LogP contribution < -0.4 is 0 Å². The molecule has 0 saturated heterocycles. The lowest BCUT2D eigenvalue weighted by Gasteiger charge is -1.96. The summed E-state index contributed by atoms with van der Waals surface area (Å²) in [5, 5.41) is 7.89. The maximum atomic E-state index is 8.11. The lowest BCUT2D eigenvalue weighted by Crippen LogP contribution is -1.76. The first-order valence-electron chi connectivity index (χ1n) is 4.80. The predicted molar refractivity (Wildman–Crippen MR) is 51.2 cm³/mol. The van der Waals surface area contributed by atoms with Crippen molar-refractivity contribution in [2.45, 2.75) is 58.8 Å². The van der Waals surface area contributed by atoms with Crippen LogP contribution in [0, 0.1) is 4.91 Å². The molecule has 0 unspecified atom stereocenters. The fraction of sp³-hybridized carbons (Fsp3) is 1.00. The van der Waals surface area contributed by atoms with Gasteiger partial charge in [-0.25, -0.2) is 0 Å². The fourth-order valence-corrected chi connectivity index (χ4v) is 1.03. The topological polar surface area (TPSA) is 49.7 Å². The van der Waals surface area contributed by atoms with Crippen LogP contribution in [0.4, 0.5) is 0 Å². The van der Waals surface area contributed by atoms with Gasteiger partial charge in [0.2, 0.25) is 0 Å². The average Bonchev–Trinajstić information content (AvgIpc) is 2.06. The first-order valence-corrected chi connectivity index (χ1v) is 4.80. The Balaban J connectivity index is 0. The number of rotatable bonds is 6. The van der Waals surface area contributed by atoms with Crippen LogP contribution in [0.1, 0.15) is 58.8 Å². The van der Waals surface area contributed by atoms with Gasteiger partial charge in [-0.3, -0.25) is 0 Å². The van der Waals surface area contributed by atoms with Gasteiger partial charge in [0.1, 0.15) is 0 Å². The van der Waals surface area contributed by atoms with E-state index in [9.17, 15) is 0 Å². The van der Waals surface area contributed by atoms with Crippen LogP contribution in [0.5, 0.6) is 0 Å². The summed E-state index contributed by atoms with van der Waals surface area (Å²) in [5.41, 5.74) is 0. The van der Waals surface area contributed by atoms with Gasteiger partial charge in [0.15, 0.2) is 5.34 Å². The maximum absolute atomic E-state index is 8.11. The second kappa shape index (κ2) is 16.8. The predicted octanol–water partition coefficient (Wildman–Crippen LogP) is 3.90. The summed E-state index contributed by atoms with van der Waals surface area (Å²) in [4.78, 5) is 8.11. The third-order valence-electron chi connectivity index (χ3n) is 1.71. The highest BCUT2D eigenvalue weighted by atomic mass is 16.6. The summed E-state index contributed by atoms with van der Waals surface area (Å²) in [6.45, 7) is 4.53. The van der Waals surface area contributed by atoms with E-state index in [0.717, 1.165) is 0 Å². The van der Waals surface area contributed by atoms with Crippen molar-refractivity contribution in [2.75, 3.05) is 0 Å². The third kappa shape index (κ3) is 22.7. The summed E-state index contributed by atoms with van der Waals surface area (Å²) in [6.07, 6.45) is 9.97. The standard InChI is InChI=1S/C9H20.HNO2/c1-3-5-7-9-8-6-4-2;2-1-3/h3-9H2,1-2H3;(H,2,3). The van der Waals surface area contributed by atoms with Crippen LogP contribution >= 0.6 is 0 Å². The highest BCUT2D eigenvalue weighted by Crippen LogP contribution is 2.05. The minimum Gasteiger partial charge on any atom is -0.379 e. The van der Waals surface area contributed by atoms with E-state index in [1.165, 1.54) is 50.3 Å². The summed E-state index contributed by atoms with van der Waals surface area (Å²) in [6, 6.07) is 0. The van der Waals surface area contributed by atoms with Crippen molar-refractivity contribution in [3.05, 3.63) is 4.91 Å². The molecule has 0 radical (unpaired) electrons. The molecule has 74 valence electrons. The van der Waals surface area contributed by atoms with Crippen molar-refractivity contribution < 1.29 is 5.21 Å². The van der Waals surface area contributed by atoms with E-state index in [-0.39, 0.29) is 0 Å². The van der Waals surface area contributed by atoms with E-state index < -0.39 is 0 Å².